The lowest BCUT2D eigenvalue weighted by atomic mass is 9.85. The van der Waals surface area contributed by atoms with Crippen molar-refractivity contribution in [3.8, 4) is 5.75 Å². The number of nitrogens with two attached hydrogens (primary N) is 1. The summed E-state index contributed by atoms with van der Waals surface area (Å²) in [6.45, 7) is 5.06. The molecule has 18 heavy (non-hydrogen) atoms. The molecule has 0 radical (unpaired) electrons. The second kappa shape index (κ2) is 4.61. The van der Waals surface area contributed by atoms with Crippen molar-refractivity contribution >= 4 is 5.91 Å². The maximum absolute atomic E-state index is 12.3. The summed E-state index contributed by atoms with van der Waals surface area (Å²) < 4.78 is 0. The molecule has 0 spiro atoms. The Morgan fingerprint density at radius 2 is 2.17 bits per heavy atom. The Bertz CT molecular complexity index is 465. The zero-order chi connectivity index (χ0) is 13.3. The van der Waals surface area contributed by atoms with Gasteiger partial charge in [-0.05, 0) is 25.5 Å². The number of carbonyl (C=O) groups excluding carboxylic acids is 1. The van der Waals surface area contributed by atoms with Crippen LogP contribution in [0.4, 0.5) is 0 Å². The molecule has 1 aromatic carbocycles. The molecule has 0 unspecified atom stereocenters. The summed E-state index contributed by atoms with van der Waals surface area (Å²) in [4.78, 5) is 14.0. The summed E-state index contributed by atoms with van der Waals surface area (Å²) in [5, 5.41) is 9.61. The molecule has 4 heteroatoms. The van der Waals surface area contributed by atoms with Crippen molar-refractivity contribution < 1.29 is 9.90 Å². The summed E-state index contributed by atoms with van der Waals surface area (Å²) in [5.74, 6) is 0.120. The second-order valence-corrected chi connectivity index (χ2v) is 5.22. The topological polar surface area (TPSA) is 66.6 Å². The van der Waals surface area contributed by atoms with Crippen LogP contribution in [0.3, 0.4) is 0 Å². The van der Waals surface area contributed by atoms with E-state index in [1.165, 1.54) is 0 Å². The number of rotatable bonds is 3. The SMILES string of the molecule is CCCC1(N)CN(C(=O)c2cccc(O)c2C)C1. The van der Waals surface area contributed by atoms with Gasteiger partial charge in [0.25, 0.3) is 5.91 Å². The maximum atomic E-state index is 12.3. The molecule has 1 aliphatic rings. The molecule has 2 rings (SSSR count). The van der Waals surface area contributed by atoms with Crippen molar-refractivity contribution in [3.05, 3.63) is 29.3 Å². The Morgan fingerprint density at radius 1 is 1.50 bits per heavy atom. The fourth-order valence-corrected chi connectivity index (χ4v) is 2.54. The fraction of sp³-hybridized carbons (Fsp3) is 0.500. The van der Waals surface area contributed by atoms with Crippen LogP contribution in [0.2, 0.25) is 0 Å². The Balaban J connectivity index is 2.08. The third-order valence-electron chi connectivity index (χ3n) is 3.58. The summed E-state index contributed by atoms with van der Waals surface area (Å²) in [5.41, 5.74) is 7.13. The van der Waals surface area contributed by atoms with Crippen LogP contribution in [0.25, 0.3) is 0 Å². The number of hydrogen-bond donors (Lipinski definition) is 2. The zero-order valence-corrected chi connectivity index (χ0v) is 10.9. The average molecular weight is 248 g/mol. The van der Waals surface area contributed by atoms with Gasteiger partial charge in [0.2, 0.25) is 0 Å². The Hall–Kier alpha value is -1.55. The van der Waals surface area contributed by atoms with Crippen molar-refractivity contribution in [2.75, 3.05) is 13.1 Å². The van der Waals surface area contributed by atoms with Gasteiger partial charge in [0, 0.05) is 24.2 Å². The van der Waals surface area contributed by atoms with E-state index in [4.69, 9.17) is 5.73 Å². The van der Waals surface area contributed by atoms with E-state index in [2.05, 4.69) is 6.92 Å². The lowest BCUT2D eigenvalue weighted by molar-refractivity contribution is 0.0385. The smallest absolute Gasteiger partial charge is 0.254 e. The molecular weight excluding hydrogens is 228 g/mol. The van der Waals surface area contributed by atoms with Crippen LogP contribution in [-0.4, -0.2) is 34.5 Å². The second-order valence-electron chi connectivity index (χ2n) is 5.22. The zero-order valence-electron chi connectivity index (χ0n) is 10.9. The molecule has 3 N–H and O–H groups in total. The lowest BCUT2D eigenvalue weighted by Crippen LogP contribution is -2.68. The molecule has 0 aromatic heterocycles. The molecule has 1 amide bonds. The Labute approximate surface area is 107 Å². The van der Waals surface area contributed by atoms with Gasteiger partial charge in [-0.1, -0.05) is 19.4 Å². The molecule has 1 saturated heterocycles. The molecule has 1 aliphatic heterocycles. The standard InChI is InChI=1S/C14H20N2O2/c1-3-7-14(15)8-16(9-14)13(18)11-5-4-6-12(17)10(11)2/h4-6,17H,3,7-9,15H2,1-2H3. The van der Waals surface area contributed by atoms with E-state index in [0.717, 1.165) is 12.8 Å². The highest BCUT2D eigenvalue weighted by Gasteiger charge is 2.41. The molecule has 4 nitrogen and oxygen atoms in total. The first-order chi connectivity index (χ1) is 8.47. The Kier molecular flexibility index (Phi) is 3.30. The van der Waals surface area contributed by atoms with E-state index in [9.17, 15) is 9.90 Å². The average Bonchev–Trinajstić information content (AvgIpc) is 2.29. The van der Waals surface area contributed by atoms with Crippen LogP contribution in [0, 0.1) is 6.92 Å². The number of phenolic OH excluding ortho intramolecular Hbond substituents is 1. The molecule has 1 fully saturated rings. The van der Waals surface area contributed by atoms with Crippen LogP contribution in [-0.2, 0) is 0 Å². The van der Waals surface area contributed by atoms with E-state index >= 15 is 0 Å². The normalized spacial score (nSPS) is 17.4. The van der Waals surface area contributed by atoms with Gasteiger partial charge < -0.3 is 15.7 Å². The minimum Gasteiger partial charge on any atom is -0.508 e. The van der Waals surface area contributed by atoms with Crippen molar-refractivity contribution in [1.29, 1.82) is 0 Å². The highest BCUT2D eigenvalue weighted by Crippen LogP contribution is 2.27. The lowest BCUT2D eigenvalue weighted by Gasteiger charge is -2.48. The summed E-state index contributed by atoms with van der Waals surface area (Å²) in [6.07, 6.45) is 1.97. The van der Waals surface area contributed by atoms with Gasteiger partial charge in [0.1, 0.15) is 5.75 Å². The van der Waals surface area contributed by atoms with Crippen LogP contribution in [0.15, 0.2) is 18.2 Å². The summed E-state index contributed by atoms with van der Waals surface area (Å²) in [7, 11) is 0. The Morgan fingerprint density at radius 3 is 2.78 bits per heavy atom. The minimum absolute atomic E-state index is 0.0411. The van der Waals surface area contributed by atoms with E-state index in [-0.39, 0.29) is 17.2 Å². The molecule has 0 saturated carbocycles. The molecule has 1 aromatic rings. The highest BCUT2D eigenvalue weighted by molar-refractivity contribution is 5.97. The fourth-order valence-electron chi connectivity index (χ4n) is 2.54. The number of likely N-dealkylation sites (tertiary alicyclic amines) is 1. The van der Waals surface area contributed by atoms with Crippen molar-refractivity contribution in [1.82, 2.24) is 4.90 Å². The van der Waals surface area contributed by atoms with Crippen LogP contribution in [0.5, 0.6) is 5.75 Å². The molecular formula is C14H20N2O2. The van der Waals surface area contributed by atoms with E-state index in [0.29, 0.717) is 24.2 Å². The highest BCUT2D eigenvalue weighted by atomic mass is 16.3. The monoisotopic (exact) mass is 248 g/mol. The van der Waals surface area contributed by atoms with Gasteiger partial charge in [-0.2, -0.15) is 0 Å². The number of benzene rings is 1. The van der Waals surface area contributed by atoms with Crippen molar-refractivity contribution in [2.24, 2.45) is 5.73 Å². The first-order valence-corrected chi connectivity index (χ1v) is 6.33. The van der Waals surface area contributed by atoms with E-state index in [1.54, 1.807) is 30.0 Å². The molecule has 0 bridgehead atoms. The van der Waals surface area contributed by atoms with Gasteiger partial charge in [-0.3, -0.25) is 4.79 Å². The molecule has 0 atom stereocenters. The largest absolute Gasteiger partial charge is 0.508 e. The van der Waals surface area contributed by atoms with Crippen LogP contribution in [0.1, 0.15) is 35.7 Å². The first kappa shape index (κ1) is 12.9. The number of carbonyl (C=O) groups is 1. The van der Waals surface area contributed by atoms with Crippen LogP contribution < -0.4 is 5.73 Å². The molecule has 1 heterocycles. The predicted octanol–water partition coefficient (Wildman–Crippen LogP) is 1.65. The quantitative estimate of drug-likeness (QED) is 0.854. The number of phenols is 1. The number of nitrogens with zero attached hydrogens (tertiary/aromatic N) is 1. The van der Waals surface area contributed by atoms with Gasteiger partial charge in [-0.15, -0.1) is 0 Å². The summed E-state index contributed by atoms with van der Waals surface area (Å²) in [6, 6.07) is 5.03. The molecule has 98 valence electrons. The van der Waals surface area contributed by atoms with Gasteiger partial charge in [-0.25, -0.2) is 0 Å². The number of amides is 1. The van der Waals surface area contributed by atoms with Gasteiger partial charge in [0.05, 0.1) is 5.54 Å². The van der Waals surface area contributed by atoms with Crippen molar-refractivity contribution in [3.63, 3.8) is 0 Å². The minimum atomic E-state index is -0.213. The third-order valence-corrected chi connectivity index (χ3v) is 3.58. The van der Waals surface area contributed by atoms with Crippen molar-refractivity contribution in [2.45, 2.75) is 32.2 Å². The van der Waals surface area contributed by atoms with E-state index in [1.807, 2.05) is 0 Å². The van der Waals surface area contributed by atoms with Gasteiger partial charge in [0.15, 0.2) is 0 Å². The first-order valence-electron chi connectivity index (χ1n) is 6.33. The maximum Gasteiger partial charge on any atom is 0.254 e. The predicted molar refractivity (Wildman–Crippen MR) is 70.6 cm³/mol. The van der Waals surface area contributed by atoms with E-state index < -0.39 is 0 Å². The molecule has 0 aliphatic carbocycles. The number of aromatic hydroxyl groups is 1. The number of hydrogen-bond acceptors (Lipinski definition) is 3. The van der Waals surface area contributed by atoms with Crippen LogP contribution >= 0.6 is 0 Å². The van der Waals surface area contributed by atoms with Gasteiger partial charge >= 0.3 is 0 Å². The third kappa shape index (κ3) is 2.20. The summed E-state index contributed by atoms with van der Waals surface area (Å²) >= 11 is 0.